The topological polar surface area (TPSA) is 40.5 Å². The van der Waals surface area contributed by atoms with Crippen LogP contribution in [0.25, 0.3) is 0 Å². The van der Waals surface area contributed by atoms with Crippen LogP contribution in [0, 0.1) is 5.41 Å². The Hall–Kier alpha value is -0.830. The van der Waals surface area contributed by atoms with Gasteiger partial charge in [-0.2, -0.15) is 0 Å². The molecule has 3 heteroatoms. The van der Waals surface area contributed by atoms with Crippen molar-refractivity contribution in [1.82, 2.24) is 4.90 Å². The molecular formula is C15H25NO2. The molecule has 2 aliphatic rings. The molecule has 1 atom stereocenters. The number of aliphatic hydroxyl groups excluding tert-OH is 1. The molecule has 1 aliphatic carbocycles. The minimum atomic E-state index is 0.0257. The zero-order valence-electron chi connectivity index (χ0n) is 11.2. The number of carbonyl (C=O) groups excluding carboxylic acids is 1. The summed E-state index contributed by atoms with van der Waals surface area (Å²) >= 11 is 0. The van der Waals surface area contributed by atoms with Crippen LogP contribution >= 0.6 is 0 Å². The maximum absolute atomic E-state index is 12.4. The standard InChI is InChI=1S/C15H25NO2/c1-2-15(8-4-3-5-9-15)11-14(18)16-10-6-7-13(16)12-17/h2,13,17H,1,3-12H2/t13-/m0/s1. The van der Waals surface area contributed by atoms with E-state index in [0.29, 0.717) is 6.42 Å². The van der Waals surface area contributed by atoms with E-state index in [-0.39, 0.29) is 24.0 Å². The fourth-order valence-corrected chi connectivity index (χ4v) is 3.47. The van der Waals surface area contributed by atoms with Crippen LogP contribution in [-0.2, 0) is 4.79 Å². The molecule has 1 saturated carbocycles. The maximum atomic E-state index is 12.4. The number of hydrogen-bond donors (Lipinski definition) is 1. The van der Waals surface area contributed by atoms with Crippen molar-refractivity contribution in [3.05, 3.63) is 12.7 Å². The molecule has 102 valence electrons. The molecule has 18 heavy (non-hydrogen) atoms. The van der Waals surface area contributed by atoms with Crippen LogP contribution in [0.1, 0.15) is 51.4 Å². The number of rotatable bonds is 4. The molecule has 0 bridgehead atoms. The average molecular weight is 251 g/mol. The highest BCUT2D eigenvalue weighted by molar-refractivity contribution is 5.78. The van der Waals surface area contributed by atoms with E-state index in [9.17, 15) is 9.90 Å². The van der Waals surface area contributed by atoms with E-state index in [2.05, 4.69) is 6.58 Å². The van der Waals surface area contributed by atoms with E-state index in [4.69, 9.17) is 0 Å². The summed E-state index contributed by atoms with van der Waals surface area (Å²) in [5, 5.41) is 9.30. The summed E-state index contributed by atoms with van der Waals surface area (Å²) in [6.07, 6.45) is 10.5. The lowest BCUT2D eigenvalue weighted by molar-refractivity contribution is -0.135. The van der Waals surface area contributed by atoms with Gasteiger partial charge in [-0.3, -0.25) is 4.79 Å². The third-order valence-corrected chi connectivity index (χ3v) is 4.69. The Labute approximate surface area is 110 Å². The largest absolute Gasteiger partial charge is 0.394 e. The summed E-state index contributed by atoms with van der Waals surface area (Å²) in [6.45, 7) is 4.88. The van der Waals surface area contributed by atoms with Gasteiger partial charge in [-0.15, -0.1) is 6.58 Å². The van der Waals surface area contributed by atoms with Crippen molar-refractivity contribution in [3.63, 3.8) is 0 Å². The van der Waals surface area contributed by atoms with E-state index in [1.54, 1.807) is 0 Å². The highest BCUT2D eigenvalue weighted by Gasteiger charge is 2.35. The summed E-state index contributed by atoms with van der Waals surface area (Å²) in [5.41, 5.74) is 0.0257. The van der Waals surface area contributed by atoms with Crippen LogP contribution in [-0.4, -0.2) is 35.1 Å². The fraction of sp³-hybridized carbons (Fsp3) is 0.800. The highest BCUT2D eigenvalue weighted by atomic mass is 16.3. The van der Waals surface area contributed by atoms with Gasteiger partial charge in [0.2, 0.25) is 5.91 Å². The van der Waals surface area contributed by atoms with Crippen molar-refractivity contribution in [3.8, 4) is 0 Å². The van der Waals surface area contributed by atoms with Gasteiger partial charge in [-0.25, -0.2) is 0 Å². The molecule has 0 unspecified atom stereocenters. The molecule has 2 fully saturated rings. The Morgan fingerprint density at radius 3 is 2.67 bits per heavy atom. The summed E-state index contributed by atoms with van der Waals surface area (Å²) < 4.78 is 0. The molecule has 2 rings (SSSR count). The van der Waals surface area contributed by atoms with E-state index in [1.165, 1.54) is 19.3 Å². The number of allylic oxidation sites excluding steroid dienone is 1. The summed E-state index contributed by atoms with van der Waals surface area (Å²) in [5.74, 6) is 0.216. The second-order valence-corrected chi connectivity index (χ2v) is 5.87. The second-order valence-electron chi connectivity index (χ2n) is 5.87. The molecular weight excluding hydrogens is 226 g/mol. The summed E-state index contributed by atoms with van der Waals surface area (Å²) in [4.78, 5) is 14.3. The lowest BCUT2D eigenvalue weighted by Gasteiger charge is -2.36. The first-order valence-corrected chi connectivity index (χ1v) is 7.25. The van der Waals surface area contributed by atoms with Crippen LogP contribution < -0.4 is 0 Å². The molecule has 1 aliphatic heterocycles. The molecule has 0 aromatic carbocycles. The van der Waals surface area contributed by atoms with Gasteiger partial charge >= 0.3 is 0 Å². The number of nitrogens with zero attached hydrogens (tertiary/aromatic N) is 1. The quantitative estimate of drug-likeness (QED) is 0.780. The summed E-state index contributed by atoms with van der Waals surface area (Å²) in [6, 6.07) is 0.0583. The molecule has 1 saturated heterocycles. The van der Waals surface area contributed by atoms with Crippen LogP contribution in [0.15, 0.2) is 12.7 Å². The maximum Gasteiger partial charge on any atom is 0.223 e. The summed E-state index contributed by atoms with van der Waals surface area (Å²) in [7, 11) is 0. The normalized spacial score (nSPS) is 27.2. The van der Waals surface area contributed by atoms with Gasteiger partial charge in [-0.1, -0.05) is 25.3 Å². The molecule has 3 nitrogen and oxygen atoms in total. The first kappa shape index (κ1) is 13.6. The molecule has 1 heterocycles. The predicted molar refractivity (Wildman–Crippen MR) is 72.2 cm³/mol. The zero-order chi connectivity index (χ0) is 13.0. The number of likely N-dealkylation sites (tertiary alicyclic amines) is 1. The Morgan fingerprint density at radius 2 is 2.06 bits per heavy atom. The molecule has 1 amide bonds. The van der Waals surface area contributed by atoms with Gasteiger partial charge in [0.15, 0.2) is 0 Å². The van der Waals surface area contributed by atoms with Crippen LogP contribution in [0.3, 0.4) is 0 Å². The third-order valence-electron chi connectivity index (χ3n) is 4.69. The SMILES string of the molecule is C=CC1(CC(=O)N2CCC[C@H]2CO)CCCCC1. The minimum Gasteiger partial charge on any atom is -0.394 e. The molecule has 0 spiro atoms. The zero-order valence-corrected chi connectivity index (χ0v) is 11.2. The number of amides is 1. The monoisotopic (exact) mass is 251 g/mol. The smallest absolute Gasteiger partial charge is 0.223 e. The second kappa shape index (κ2) is 5.87. The molecule has 1 N–H and O–H groups in total. The number of carbonyl (C=O) groups is 1. The number of hydrogen-bond acceptors (Lipinski definition) is 2. The van der Waals surface area contributed by atoms with Gasteiger partial charge in [0, 0.05) is 13.0 Å². The minimum absolute atomic E-state index is 0.0257. The molecule has 0 aromatic rings. The van der Waals surface area contributed by atoms with Crippen molar-refractivity contribution >= 4 is 5.91 Å². The average Bonchev–Trinajstić information content (AvgIpc) is 2.88. The van der Waals surface area contributed by atoms with Crippen molar-refractivity contribution < 1.29 is 9.90 Å². The van der Waals surface area contributed by atoms with E-state index < -0.39 is 0 Å². The Morgan fingerprint density at radius 1 is 1.33 bits per heavy atom. The van der Waals surface area contributed by atoms with Crippen molar-refractivity contribution in [2.75, 3.05) is 13.2 Å². The van der Waals surface area contributed by atoms with Crippen molar-refractivity contribution in [2.24, 2.45) is 5.41 Å². The Kier molecular flexibility index (Phi) is 4.44. The lowest BCUT2D eigenvalue weighted by atomic mass is 9.71. The van der Waals surface area contributed by atoms with Gasteiger partial charge in [0.1, 0.15) is 0 Å². The lowest BCUT2D eigenvalue weighted by Crippen LogP contribution is -2.40. The molecule has 0 aromatic heterocycles. The van der Waals surface area contributed by atoms with Gasteiger partial charge in [0.25, 0.3) is 0 Å². The van der Waals surface area contributed by atoms with Gasteiger partial charge in [0.05, 0.1) is 12.6 Å². The third kappa shape index (κ3) is 2.77. The first-order chi connectivity index (χ1) is 8.71. The van der Waals surface area contributed by atoms with Crippen molar-refractivity contribution in [1.29, 1.82) is 0 Å². The van der Waals surface area contributed by atoms with Crippen molar-refractivity contribution in [2.45, 2.75) is 57.4 Å². The molecule has 0 radical (unpaired) electrons. The van der Waals surface area contributed by atoms with E-state index in [0.717, 1.165) is 32.2 Å². The van der Waals surface area contributed by atoms with Gasteiger partial charge in [-0.05, 0) is 31.1 Å². The van der Waals surface area contributed by atoms with Crippen LogP contribution in [0.2, 0.25) is 0 Å². The first-order valence-electron chi connectivity index (χ1n) is 7.25. The van der Waals surface area contributed by atoms with E-state index in [1.807, 2.05) is 11.0 Å². The predicted octanol–water partition coefficient (Wildman–Crippen LogP) is 2.50. The Balaban J connectivity index is 1.98. The highest BCUT2D eigenvalue weighted by Crippen LogP contribution is 2.41. The van der Waals surface area contributed by atoms with E-state index >= 15 is 0 Å². The van der Waals surface area contributed by atoms with Crippen LogP contribution in [0.5, 0.6) is 0 Å². The van der Waals surface area contributed by atoms with Gasteiger partial charge < -0.3 is 10.0 Å². The Bertz CT molecular complexity index is 308. The van der Waals surface area contributed by atoms with Crippen LogP contribution in [0.4, 0.5) is 0 Å². The number of aliphatic hydroxyl groups is 1. The fourth-order valence-electron chi connectivity index (χ4n) is 3.47.